The van der Waals surface area contributed by atoms with Crippen LogP contribution in [0.5, 0.6) is 0 Å². The summed E-state index contributed by atoms with van der Waals surface area (Å²) in [4.78, 5) is 16.7. The molecule has 6 rings (SSSR count). The van der Waals surface area contributed by atoms with Gasteiger partial charge in [0.25, 0.3) is 10.0 Å². The van der Waals surface area contributed by atoms with Crippen LogP contribution in [0.1, 0.15) is 78.6 Å². The summed E-state index contributed by atoms with van der Waals surface area (Å²) in [7, 11) is -4.07. The number of aliphatic hydroxyl groups is 2. The number of sulfonamides is 1. The molecular formula is C33H46N2O6S. The lowest BCUT2D eigenvalue weighted by atomic mass is 9.41. The summed E-state index contributed by atoms with van der Waals surface area (Å²) in [5, 5.41) is 23.0. The SMILES string of the molecule is CC[C@H]1[C@@H](O)[C@@H]2[C@H](CC[C@]3(C)[C@@H](CCOC(=O)NS(=O)(=O)c4ccc5ncccc5c4)CC[C@@H]23)[C@@]2(C)CC[C@@H](O)C[C@@H]12. The molecule has 0 spiro atoms. The number of fused-ring (bicyclic) bond motifs is 6. The Morgan fingerprint density at radius 3 is 2.60 bits per heavy atom. The summed E-state index contributed by atoms with van der Waals surface area (Å²) >= 11 is 0. The van der Waals surface area contributed by atoms with E-state index >= 15 is 0 Å². The Labute approximate surface area is 249 Å². The molecule has 4 saturated carbocycles. The molecule has 230 valence electrons. The average Bonchev–Trinajstić information content (AvgIpc) is 3.29. The standard InChI is InChI=1S/C33H46N2O6S/c1-4-24-27-19-22(36)11-14-33(27,3)26-12-15-32(2)21(7-9-25(32)29(26)30(24)37)13-17-41-31(38)35-42(39,40)23-8-10-28-20(18-23)6-5-16-34-28/h5-6,8,10,16,18,21-22,24-27,29-30,36-37H,4,7,9,11-15,17,19H2,1-3H3,(H,35,38)/t21-,22-,24-,25+,26+,27+,29+,30-,32-,33-/m1/s1. The number of hydrogen-bond acceptors (Lipinski definition) is 7. The number of ether oxygens (including phenoxy) is 1. The van der Waals surface area contributed by atoms with Gasteiger partial charge in [-0.25, -0.2) is 17.9 Å². The second kappa shape index (κ2) is 11.0. The van der Waals surface area contributed by atoms with Gasteiger partial charge in [-0.15, -0.1) is 0 Å². The van der Waals surface area contributed by atoms with E-state index in [4.69, 9.17) is 4.74 Å². The fourth-order valence-electron chi connectivity index (χ4n) is 10.3. The van der Waals surface area contributed by atoms with Crippen LogP contribution in [0.4, 0.5) is 4.79 Å². The molecule has 2 aromatic rings. The fourth-order valence-corrected chi connectivity index (χ4v) is 11.2. The number of amides is 1. The highest BCUT2D eigenvalue weighted by molar-refractivity contribution is 7.90. The van der Waals surface area contributed by atoms with Crippen molar-refractivity contribution < 1.29 is 28.2 Å². The molecule has 0 aliphatic heterocycles. The molecule has 4 aliphatic carbocycles. The van der Waals surface area contributed by atoms with E-state index in [1.165, 1.54) is 12.1 Å². The minimum atomic E-state index is -4.07. The van der Waals surface area contributed by atoms with Crippen LogP contribution in [0.15, 0.2) is 41.4 Å². The summed E-state index contributed by atoms with van der Waals surface area (Å²) in [6.45, 7) is 7.16. The monoisotopic (exact) mass is 598 g/mol. The van der Waals surface area contributed by atoms with Gasteiger partial charge in [-0.3, -0.25) is 4.98 Å². The van der Waals surface area contributed by atoms with E-state index in [-0.39, 0.29) is 46.4 Å². The molecule has 8 nitrogen and oxygen atoms in total. The lowest BCUT2D eigenvalue weighted by Crippen LogP contribution is -2.62. The second-order valence-corrected chi connectivity index (χ2v) is 15.8. The molecule has 0 saturated heterocycles. The first-order valence-corrected chi connectivity index (χ1v) is 17.4. The summed E-state index contributed by atoms with van der Waals surface area (Å²) in [6.07, 6.45) is 8.70. The Hall–Kier alpha value is -2.23. The lowest BCUT2D eigenvalue weighted by Gasteiger charge is -2.64. The van der Waals surface area contributed by atoms with Crippen LogP contribution < -0.4 is 4.72 Å². The number of nitrogens with zero attached hydrogens (tertiary/aromatic N) is 1. The van der Waals surface area contributed by atoms with Crippen LogP contribution in [-0.4, -0.2) is 48.5 Å². The van der Waals surface area contributed by atoms with Crippen molar-refractivity contribution in [3.63, 3.8) is 0 Å². The molecule has 4 aliphatic rings. The zero-order valence-corrected chi connectivity index (χ0v) is 25.9. The molecule has 1 amide bonds. The third-order valence-electron chi connectivity index (χ3n) is 12.4. The van der Waals surface area contributed by atoms with Crippen molar-refractivity contribution >= 4 is 27.0 Å². The number of rotatable bonds is 6. The van der Waals surface area contributed by atoms with Crippen LogP contribution in [0.3, 0.4) is 0 Å². The van der Waals surface area contributed by atoms with Crippen molar-refractivity contribution in [2.24, 2.45) is 46.3 Å². The van der Waals surface area contributed by atoms with Gasteiger partial charge in [0.1, 0.15) is 0 Å². The van der Waals surface area contributed by atoms with Gasteiger partial charge in [0.2, 0.25) is 0 Å². The molecule has 0 radical (unpaired) electrons. The molecule has 0 bridgehead atoms. The van der Waals surface area contributed by atoms with Crippen LogP contribution in [0.2, 0.25) is 0 Å². The number of hydrogen-bond donors (Lipinski definition) is 3. The van der Waals surface area contributed by atoms with Crippen molar-refractivity contribution in [1.82, 2.24) is 9.71 Å². The van der Waals surface area contributed by atoms with Crippen LogP contribution in [-0.2, 0) is 14.8 Å². The zero-order valence-electron chi connectivity index (χ0n) is 25.0. The van der Waals surface area contributed by atoms with E-state index in [0.29, 0.717) is 41.0 Å². The van der Waals surface area contributed by atoms with Crippen molar-refractivity contribution in [2.45, 2.75) is 95.7 Å². The van der Waals surface area contributed by atoms with Crippen molar-refractivity contribution in [3.05, 3.63) is 36.5 Å². The van der Waals surface area contributed by atoms with E-state index in [1.54, 1.807) is 24.4 Å². The van der Waals surface area contributed by atoms with Crippen LogP contribution in [0.25, 0.3) is 10.9 Å². The number of nitrogens with one attached hydrogen (secondary N) is 1. The molecule has 1 aromatic carbocycles. The summed E-state index contributed by atoms with van der Waals surface area (Å²) in [5.74, 6) is 2.11. The topological polar surface area (TPSA) is 126 Å². The maximum Gasteiger partial charge on any atom is 0.421 e. The average molecular weight is 599 g/mol. The molecule has 3 N–H and O–H groups in total. The van der Waals surface area contributed by atoms with Crippen molar-refractivity contribution in [1.29, 1.82) is 0 Å². The minimum Gasteiger partial charge on any atom is -0.449 e. The predicted molar refractivity (Wildman–Crippen MR) is 160 cm³/mol. The number of benzene rings is 1. The van der Waals surface area contributed by atoms with Gasteiger partial charge in [-0.05, 0) is 122 Å². The normalized spacial score (nSPS) is 39.6. The maximum absolute atomic E-state index is 12.8. The van der Waals surface area contributed by atoms with Crippen LogP contribution >= 0.6 is 0 Å². The van der Waals surface area contributed by atoms with Gasteiger partial charge in [-0.1, -0.05) is 33.3 Å². The fraction of sp³-hybridized carbons (Fsp3) is 0.697. The molecular weight excluding hydrogens is 552 g/mol. The largest absolute Gasteiger partial charge is 0.449 e. The quantitative estimate of drug-likeness (QED) is 0.391. The van der Waals surface area contributed by atoms with Gasteiger partial charge >= 0.3 is 6.09 Å². The first kappa shape index (κ1) is 29.8. The Morgan fingerprint density at radius 1 is 1.05 bits per heavy atom. The molecule has 1 aromatic heterocycles. The minimum absolute atomic E-state index is 0.0114. The Bertz CT molecular complexity index is 1430. The highest BCUT2D eigenvalue weighted by atomic mass is 32.2. The molecule has 1 heterocycles. The van der Waals surface area contributed by atoms with Crippen molar-refractivity contribution in [2.75, 3.05) is 6.61 Å². The van der Waals surface area contributed by atoms with E-state index in [1.807, 2.05) is 0 Å². The first-order valence-electron chi connectivity index (χ1n) is 15.9. The number of carbonyl (C=O) groups excluding carboxylic acids is 1. The molecule has 0 unspecified atom stereocenters. The molecule has 4 fully saturated rings. The van der Waals surface area contributed by atoms with Crippen molar-refractivity contribution in [3.8, 4) is 0 Å². The van der Waals surface area contributed by atoms with E-state index in [2.05, 4.69) is 30.5 Å². The first-order chi connectivity index (χ1) is 20.0. The van der Waals surface area contributed by atoms with E-state index in [0.717, 1.165) is 51.4 Å². The van der Waals surface area contributed by atoms with Gasteiger partial charge < -0.3 is 14.9 Å². The Kier molecular flexibility index (Phi) is 7.84. The van der Waals surface area contributed by atoms with Gasteiger partial charge in [0.15, 0.2) is 0 Å². The lowest BCUT2D eigenvalue weighted by molar-refractivity contribution is -0.202. The van der Waals surface area contributed by atoms with E-state index < -0.39 is 16.1 Å². The Balaban J connectivity index is 1.09. The molecule has 42 heavy (non-hydrogen) atoms. The second-order valence-electron chi connectivity index (χ2n) is 14.1. The number of carbonyl (C=O) groups is 1. The summed E-state index contributed by atoms with van der Waals surface area (Å²) < 4.78 is 33.1. The highest BCUT2D eigenvalue weighted by Crippen LogP contribution is 2.69. The van der Waals surface area contributed by atoms with Gasteiger partial charge in [0, 0.05) is 11.6 Å². The van der Waals surface area contributed by atoms with Crippen LogP contribution in [0, 0.1) is 46.3 Å². The number of aromatic nitrogens is 1. The molecule has 9 heteroatoms. The summed E-state index contributed by atoms with van der Waals surface area (Å²) in [6, 6.07) is 8.05. The number of aliphatic hydroxyl groups excluding tert-OH is 2. The van der Waals surface area contributed by atoms with E-state index in [9.17, 15) is 23.4 Å². The highest BCUT2D eigenvalue weighted by Gasteiger charge is 2.64. The van der Waals surface area contributed by atoms with Gasteiger partial charge in [-0.2, -0.15) is 0 Å². The Morgan fingerprint density at radius 2 is 1.81 bits per heavy atom. The number of pyridine rings is 1. The molecule has 10 atom stereocenters. The maximum atomic E-state index is 12.8. The third kappa shape index (κ3) is 4.93. The summed E-state index contributed by atoms with van der Waals surface area (Å²) in [5.41, 5.74) is 0.897. The predicted octanol–water partition coefficient (Wildman–Crippen LogP) is 5.67. The zero-order chi connectivity index (χ0) is 29.9. The third-order valence-corrected chi connectivity index (χ3v) is 13.7. The smallest absolute Gasteiger partial charge is 0.421 e. The van der Waals surface area contributed by atoms with Gasteiger partial charge in [0.05, 0.1) is 29.2 Å².